The number of rotatable bonds is 3. The van der Waals surface area contributed by atoms with Crippen molar-refractivity contribution in [3.05, 3.63) is 39.9 Å². The predicted octanol–water partition coefficient (Wildman–Crippen LogP) is 2.11. The van der Waals surface area contributed by atoms with Crippen LogP contribution in [0.3, 0.4) is 0 Å². The Morgan fingerprint density at radius 3 is 2.72 bits per heavy atom. The Hall–Kier alpha value is -2.01. The molecule has 94 valence electrons. The maximum Gasteiger partial charge on any atom is 0.293 e. The third-order valence-corrected chi connectivity index (χ3v) is 2.75. The van der Waals surface area contributed by atoms with Crippen molar-refractivity contribution in [3.8, 4) is 22.8 Å². The second-order valence-electron chi connectivity index (χ2n) is 3.46. The monoisotopic (exact) mass is 266 g/mol. The van der Waals surface area contributed by atoms with E-state index in [4.69, 9.17) is 21.1 Å². The van der Waals surface area contributed by atoms with Crippen molar-refractivity contribution in [2.75, 3.05) is 14.2 Å². The minimum atomic E-state index is -0.337. The Morgan fingerprint density at radius 2 is 2.06 bits per heavy atom. The van der Waals surface area contributed by atoms with Crippen LogP contribution in [-0.4, -0.2) is 24.2 Å². The van der Waals surface area contributed by atoms with E-state index in [1.54, 1.807) is 18.2 Å². The van der Waals surface area contributed by atoms with Crippen LogP contribution in [0.5, 0.6) is 11.5 Å². The van der Waals surface area contributed by atoms with Crippen LogP contribution < -0.4 is 15.0 Å². The molecule has 0 spiro atoms. The average molecular weight is 267 g/mol. The average Bonchev–Trinajstić information content (AvgIpc) is 2.39. The van der Waals surface area contributed by atoms with Gasteiger partial charge in [0, 0.05) is 5.56 Å². The van der Waals surface area contributed by atoms with Crippen LogP contribution >= 0.6 is 11.6 Å². The Bertz CT molecular complexity index is 625. The van der Waals surface area contributed by atoms with Gasteiger partial charge in [0.15, 0.2) is 0 Å². The minimum absolute atomic E-state index is 0.155. The van der Waals surface area contributed by atoms with Gasteiger partial charge in [-0.05, 0) is 12.1 Å². The number of benzene rings is 1. The summed E-state index contributed by atoms with van der Waals surface area (Å²) in [6, 6.07) is 5.12. The molecule has 5 nitrogen and oxygen atoms in total. The number of hydrogen-bond acceptors (Lipinski definition) is 4. The summed E-state index contributed by atoms with van der Waals surface area (Å²) in [6.07, 6.45) is 1.32. The summed E-state index contributed by atoms with van der Waals surface area (Å²) >= 11 is 5.94. The molecule has 0 radical (unpaired) electrons. The normalized spacial score (nSPS) is 10.2. The van der Waals surface area contributed by atoms with Crippen LogP contribution in [0, 0.1) is 0 Å². The molecule has 6 heteroatoms. The summed E-state index contributed by atoms with van der Waals surface area (Å²) < 4.78 is 10.2. The molecule has 0 fully saturated rings. The van der Waals surface area contributed by atoms with Gasteiger partial charge in [0.05, 0.1) is 25.6 Å². The fraction of sp³-hybridized carbons (Fsp3) is 0.167. The lowest BCUT2D eigenvalue weighted by Crippen LogP contribution is -2.11. The summed E-state index contributed by atoms with van der Waals surface area (Å²) in [7, 11) is 2.94. The van der Waals surface area contributed by atoms with Crippen molar-refractivity contribution < 1.29 is 9.47 Å². The van der Waals surface area contributed by atoms with E-state index in [-0.39, 0.29) is 11.3 Å². The number of halogens is 1. The topological polar surface area (TPSA) is 64.2 Å². The maximum absolute atomic E-state index is 11.6. The molecule has 0 aliphatic heterocycles. The quantitative estimate of drug-likeness (QED) is 0.924. The molecule has 2 aromatic rings. The van der Waals surface area contributed by atoms with Crippen molar-refractivity contribution >= 4 is 11.6 Å². The van der Waals surface area contributed by atoms with Crippen LogP contribution in [0.25, 0.3) is 11.3 Å². The molecule has 0 saturated heterocycles. The Balaban J connectivity index is 2.62. The van der Waals surface area contributed by atoms with Crippen LogP contribution in [0.2, 0.25) is 5.02 Å². The smallest absolute Gasteiger partial charge is 0.293 e. The number of ether oxygens (including phenoxy) is 2. The van der Waals surface area contributed by atoms with E-state index in [0.29, 0.717) is 22.0 Å². The molecular formula is C12H11ClN2O3. The SMILES string of the molecule is COc1cc(-c2nc[nH]c(=O)c2OC)ccc1Cl. The number of hydrogen-bond donors (Lipinski definition) is 1. The van der Waals surface area contributed by atoms with E-state index >= 15 is 0 Å². The first-order chi connectivity index (χ1) is 8.67. The lowest BCUT2D eigenvalue weighted by atomic mass is 10.1. The summed E-state index contributed by atoms with van der Waals surface area (Å²) in [5.41, 5.74) is 0.798. The molecule has 2 rings (SSSR count). The van der Waals surface area contributed by atoms with E-state index in [0.717, 1.165) is 0 Å². The molecule has 0 aliphatic rings. The summed E-state index contributed by atoms with van der Waals surface area (Å²) in [5.74, 6) is 0.667. The highest BCUT2D eigenvalue weighted by Crippen LogP contribution is 2.31. The lowest BCUT2D eigenvalue weighted by Gasteiger charge is -2.08. The standard InChI is InChI=1S/C12H11ClN2O3/c1-17-9-5-7(3-4-8(9)13)10-11(18-2)12(16)15-6-14-10/h3-6H,1-2H3,(H,14,15,16). The second-order valence-corrected chi connectivity index (χ2v) is 3.87. The van der Waals surface area contributed by atoms with E-state index in [2.05, 4.69) is 9.97 Å². The molecule has 0 unspecified atom stereocenters. The fourth-order valence-electron chi connectivity index (χ4n) is 1.59. The highest BCUT2D eigenvalue weighted by atomic mass is 35.5. The number of aromatic amines is 1. The van der Waals surface area contributed by atoms with Gasteiger partial charge in [-0.15, -0.1) is 0 Å². The summed E-state index contributed by atoms with van der Waals surface area (Å²) in [6.45, 7) is 0. The number of nitrogens with zero attached hydrogens (tertiary/aromatic N) is 1. The van der Waals surface area contributed by atoms with E-state index in [1.807, 2.05) is 0 Å². The molecule has 1 heterocycles. The van der Waals surface area contributed by atoms with Gasteiger partial charge in [0.2, 0.25) is 5.75 Å². The van der Waals surface area contributed by atoms with Crippen LogP contribution in [-0.2, 0) is 0 Å². The molecule has 1 aromatic carbocycles. The van der Waals surface area contributed by atoms with Gasteiger partial charge < -0.3 is 14.5 Å². The first-order valence-corrected chi connectivity index (χ1v) is 5.50. The van der Waals surface area contributed by atoms with Crippen molar-refractivity contribution in [3.63, 3.8) is 0 Å². The second kappa shape index (κ2) is 5.10. The third-order valence-electron chi connectivity index (χ3n) is 2.44. The molecule has 0 saturated carbocycles. The molecule has 18 heavy (non-hydrogen) atoms. The van der Waals surface area contributed by atoms with E-state index < -0.39 is 0 Å². The first-order valence-electron chi connectivity index (χ1n) is 5.13. The largest absolute Gasteiger partial charge is 0.495 e. The van der Waals surface area contributed by atoms with Gasteiger partial charge in [0.25, 0.3) is 5.56 Å². The van der Waals surface area contributed by atoms with Crippen LogP contribution in [0.15, 0.2) is 29.3 Å². The number of methoxy groups -OCH3 is 2. The number of H-pyrrole nitrogens is 1. The lowest BCUT2D eigenvalue weighted by molar-refractivity contribution is 0.407. The van der Waals surface area contributed by atoms with Gasteiger partial charge in [-0.25, -0.2) is 4.98 Å². The van der Waals surface area contributed by atoms with E-state index in [1.165, 1.54) is 20.5 Å². The number of nitrogens with one attached hydrogen (secondary N) is 1. The van der Waals surface area contributed by atoms with Crippen LogP contribution in [0.4, 0.5) is 0 Å². The molecule has 1 N–H and O–H groups in total. The molecule has 0 atom stereocenters. The Morgan fingerprint density at radius 1 is 1.28 bits per heavy atom. The minimum Gasteiger partial charge on any atom is -0.495 e. The zero-order valence-electron chi connectivity index (χ0n) is 9.86. The highest BCUT2D eigenvalue weighted by molar-refractivity contribution is 6.32. The molecule has 1 aromatic heterocycles. The van der Waals surface area contributed by atoms with Crippen molar-refractivity contribution in [1.82, 2.24) is 9.97 Å². The maximum atomic E-state index is 11.6. The van der Waals surface area contributed by atoms with E-state index in [9.17, 15) is 4.79 Å². The Kier molecular flexibility index (Phi) is 3.53. The van der Waals surface area contributed by atoms with Gasteiger partial charge >= 0.3 is 0 Å². The third kappa shape index (κ3) is 2.17. The zero-order chi connectivity index (χ0) is 13.1. The first kappa shape index (κ1) is 12.4. The van der Waals surface area contributed by atoms with Gasteiger partial charge in [-0.2, -0.15) is 0 Å². The molecule has 0 aliphatic carbocycles. The molecule has 0 amide bonds. The van der Waals surface area contributed by atoms with Crippen molar-refractivity contribution in [2.45, 2.75) is 0 Å². The zero-order valence-corrected chi connectivity index (χ0v) is 10.6. The fourth-order valence-corrected chi connectivity index (χ4v) is 1.78. The summed E-state index contributed by atoms with van der Waals surface area (Å²) in [5, 5.41) is 0.491. The van der Waals surface area contributed by atoms with Gasteiger partial charge in [0.1, 0.15) is 11.4 Å². The number of aromatic nitrogens is 2. The summed E-state index contributed by atoms with van der Waals surface area (Å²) in [4.78, 5) is 18.1. The van der Waals surface area contributed by atoms with Gasteiger partial charge in [-0.3, -0.25) is 4.79 Å². The van der Waals surface area contributed by atoms with Crippen molar-refractivity contribution in [2.24, 2.45) is 0 Å². The predicted molar refractivity (Wildman–Crippen MR) is 68.4 cm³/mol. The molecular weight excluding hydrogens is 256 g/mol. The molecule has 0 bridgehead atoms. The Labute approximate surface area is 108 Å². The van der Waals surface area contributed by atoms with Gasteiger partial charge in [-0.1, -0.05) is 17.7 Å². The van der Waals surface area contributed by atoms with Crippen molar-refractivity contribution in [1.29, 1.82) is 0 Å². The van der Waals surface area contributed by atoms with Crippen LogP contribution in [0.1, 0.15) is 0 Å². The highest BCUT2D eigenvalue weighted by Gasteiger charge is 2.13.